The molecule has 1 saturated heterocycles. The van der Waals surface area contributed by atoms with Gasteiger partial charge in [0.1, 0.15) is 17.5 Å². The van der Waals surface area contributed by atoms with Gasteiger partial charge in [0.15, 0.2) is 5.82 Å². The Bertz CT molecular complexity index is 1340. The molecule has 1 aliphatic heterocycles. The average molecular weight is 456 g/mol. The number of anilines is 3. The molecule has 0 spiro atoms. The molecule has 34 heavy (non-hydrogen) atoms. The lowest BCUT2D eigenvalue weighted by Crippen LogP contribution is -2.49. The number of halogens is 1. The molecular weight excluding hydrogens is 429 g/mol. The molecule has 8 heteroatoms. The van der Waals surface area contributed by atoms with E-state index >= 15 is 0 Å². The van der Waals surface area contributed by atoms with Gasteiger partial charge in [0.2, 0.25) is 0 Å². The van der Waals surface area contributed by atoms with Gasteiger partial charge in [0.05, 0.1) is 11.7 Å². The van der Waals surface area contributed by atoms with E-state index in [0.29, 0.717) is 23.6 Å². The number of fused-ring (bicyclic) bond motifs is 1. The summed E-state index contributed by atoms with van der Waals surface area (Å²) >= 11 is 0. The zero-order valence-electron chi connectivity index (χ0n) is 19.0. The Labute approximate surface area is 197 Å². The first-order chi connectivity index (χ1) is 16.6. The van der Waals surface area contributed by atoms with E-state index in [1.54, 1.807) is 18.3 Å². The molecular formula is C26H26FN7. The van der Waals surface area contributed by atoms with Gasteiger partial charge < -0.3 is 15.5 Å². The second-order valence-electron chi connectivity index (χ2n) is 9.13. The molecule has 1 atom stereocenters. The SMILES string of the molecule is C[C@H]1CN(c2nc(-c3ccnc(Nc4ccc(F)cc4)c3)nc3cncc(C4CC4)c23)CCN1. The summed E-state index contributed by atoms with van der Waals surface area (Å²) in [6.45, 7) is 4.92. The smallest absolute Gasteiger partial charge is 0.162 e. The van der Waals surface area contributed by atoms with Crippen LogP contribution >= 0.6 is 0 Å². The number of pyridine rings is 2. The normalized spacial score (nSPS) is 18.3. The van der Waals surface area contributed by atoms with Gasteiger partial charge in [-0.25, -0.2) is 19.3 Å². The first-order valence-corrected chi connectivity index (χ1v) is 11.8. The van der Waals surface area contributed by atoms with Crippen molar-refractivity contribution >= 4 is 28.2 Å². The van der Waals surface area contributed by atoms with Crippen molar-refractivity contribution in [2.45, 2.75) is 31.7 Å². The van der Waals surface area contributed by atoms with E-state index in [-0.39, 0.29) is 5.82 Å². The fourth-order valence-corrected chi connectivity index (χ4v) is 4.59. The molecule has 4 aromatic rings. The van der Waals surface area contributed by atoms with Gasteiger partial charge in [-0.05, 0) is 67.6 Å². The van der Waals surface area contributed by atoms with Crippen LogP contribution in [-0.2, 0) is 0 Å². The monoisotopic (exact) mass is 455 g/mol. The molecule has 4 heterocycles. The molecule has 2 fully saturated rings. The van der Waals surface area contributed by atoms with Gasteiger partial charge >= 0.3 is 0 Å². The topological polar surface area (TPSA) is 78.9 Å². The van der Waals surface area contributed by atoms with E-state index in [4.69, 9.17) is 9.97 Å². The van der Waals surface area contributed by atoms with Crippen molar-refractivity contribution in [3.8, 4) is 11.4 Å². The van der Waals surface area contributed by atoms with Gasteiger partial charge in [0.25, 0.3) is 0 Å². The molecule has 0 radical (unpaired) electrons. The maximum atomic E-state index is 13.3. The molecule has 7 nitrogen and oxygen atoms in total. The molecule has 2 N–H and O–H groups in total. The summed E-state index contributed by atoms with van der Waals surface area (Å²) in [5, 5.41) is 7.89. The number of hydrogen-bond acceptors (Lipinski definition) is 7. The molecule has 0 amide bonds. The fourth-order valence-electron chi connectivity index (χ4n) is 4.59. The summed E-state index contributed by atoms with van der Waals surface area (Å²) in [7, 11) is 0. The number of rotatable bonds is 5. The second-order valence-corrected chi connectivity index (χ2v) is 9.13. The van der Waals surface area contributed by atoms with Gasteiger partial charge in [-0.1, -0.05) is 0 Å². The fraction of sp³-hybridized carbons (Fsp3) is 0.308. The van der Waals surface area contributed by atoms with Crippen molar-refractivity contribution in [2.75, 3.05) is 29.9 Å². The van der Waals surface area contributed by atoms with E-state index in [2.05, 4.69) is 32.4 Å². The molecule has 172 valence electrons. The molecule has 3 aromatic heterocycles. The standard InChI is InChI=1S/C26H26FN7/c1-16-15-34(11-10-29-16)26-24-21(17-2-3-17)13-28-14-22(24)32-25(33-26)18-8-9-30-23(12-18)31-20-6-4-19(27)5-7-20/h4-9,12-14,16-17,29H,2-3,10-11,15H2,1H3,(H,30,31)/t16-/m0/s1. The van der Waals surface area contributed by atoms with Crippen LogP contribution in [0.15, 0.2) is 55.0 Å². The van der Waals surface area contributed by atoms with Crippen LogP contribution in [0.4, 0.5) is 21.7 Å². The van der Waals surface area contributed by atoms with E-state index in [0.717, 1.165) is 47.6 Å². The van der Waals surface area contributed by atoms with E-state index in [1.165, 1.54) is 30.5 Å². The van der Waals surface area contributed by atoms with Gasteiger partial charge in [-0.3, -0.25) is 4.98 Å². The van der Waals surface area contributed by atoms with Crippen LogP contribution in [-0.4, -0.2) is 45.6 Å². The Morgan fingerprint density at radius 3 is 2.74 bits per heavy atom. The highest BCUT2D eigenvalue weighted by molar-refractivity contribution is 5.94. The Balaban J connectivity index is 1.43. The highest BCUT2D eigenvalue weighted by Gasteiger charge is 2.30. The lowest BCUT2D eigenvalue weighted by Gasteiger charge is -2.33. The number of hydrogen-bond donors (Lipinski definition) is 2. The van der Waals surface area contributed by atoms with Crippen LogP contribution in [0.5, 0.6) is 0 Å². The van der Waals surface area contributed by atoms with Crippen molar-refractivity contribution in [1.82, 2.24) is 25.3 Å². The summed E-state index contributed by atoms with van der Waals surface area (Å²) in [5.41, 5.74) is 3.76. The van der Waals surface area contributed by atoms with Crippen LogP contribution in [0.25, 0.3) is 22.3 Å². The third-order valence-electron chi connectivity index (χ3n) is 6.44. The molecule has 1 aliphatic carbocycles. The summed E-state index contributed by atoms with van der Waals surface area (Å²) < 4.78 is 13.3. The lowest BCUT2D eigenvalue weighted by molar-refractivity contribution is 0.483. The van der Waals surface area contributed by atoms with Crippen LogP contribution in [0.1, 0.15) is 31.2 Å². The highest BCUT2D eigenvalue weighted by Crippen LogP contribution is 2.45. The Morgan fingerprint density at radius 2 is 1.94 bits per heavy atom. The van der Waals surface area contributed by atoms with Gasteiger partial charge in [0, 0.05) is 54.7 Å². The first kappa shape index (κ1) is 20.9. The van der Waals surface area contributed by atoms with Gasteiger partial charge in [-0.15, -0.1) is 0 Å². The molecule has 0 bridgehead atoms. The van der Waals surface area contributed by atoms with Crippen molar-refractivity contribution in [3.63, 3.8) is 0 Å². The lowest BCUT2D eigenvalue weighted by atomic mass is 10.1. The van der Waals surface area contributed by atoms with E-state index in [9.17, 15) is 4.39 Å². The van der Waals surface area contributed by atoms with Crippen LogP contribution in [0, 0.1) is 5.82 Å². The molecule has 0 unspecified atom stereocenters. The number of nitrogens with zero attached hydrogens (tertiary/aromatic N) is 5. The Kier molecular flexibility index (Phi) is 5.30. The van der Waals surface area contributed by atoms with E-state index < -0.39 is 0 Å². The first-order valence-electron chi connectivity index (χ1n) is 11.8. The number of nitrogens with one attached hydrogen (secondary N) is 2. The van der Waals surface area contributed by atoms with Crippen LogP contribution in [0.3, 0.4) is 0 Å². The van der Waals surface area contributed by atoms with Gasteiger partial charge in [-0.2, -0.15) is 0 Å². The third kappa shape index (κ3) is 4.17. The van der Waals surface area contributed by atoms with Crippen molar-refractivity contribution in [3.05, 3.63) is 66.4 Å². The highest BCUT2D eigenvalue weighted by atomic mass is 19.1. The molecule has 2 aliphatic rings. The third-order valence-corrected chi connectivity index (χ3v) is 6.44. The predicted octanol–water partition coefficient (Wildman–Crippen LogP) is 4.65. The minimum absolute atomic E-state index is 0.272. The summed E-state index contributed by atoms with van der Waals surface area (Å²) in [5.74, 6) is 2.56. The Hall–Kier alpha value is -3.65. The number of benzene rings is 1. The maximum Gasteiger partial charge on any atom is 0.162 e. The van der Waals surface area contributed by atoms with E-state index in [1.807, 2.05) is 24.5 Å². The summed E-state index contributed by atoms with van der Waals surface area (Å²) in [6, 6.07) is 10.4. The zero-order valence-corrected chi connectivity index (χ0v) is 19.0. The molecule has 1 aromatic carbocycles. The largest absolute Gasteiger partial charge is 0.353 e. The molecule has 6 rings (SSSR count). The quantitative estimate of drug-likeness (QED) is 0.454. The minimum Gasteiger partial charge on any atom is -0.353 e. The minimum atomic E-state index is -0.272. The number of piperazine rings is 1. The zero-order chi connectivity index (χ0) is 23.1. The summed E-state index contributed by atoms with van der Waals surface area (Å²) in [6.07, 6.45) is 7.97. The van der Waals surface area contributed by atoms with Crippen LogP contribution < -0.4 is 15.5 Å². The van der Waals surface area contributed by atoms with Crippen molar-refractivity contribution in [1.29, 1.82) is 0 Å². The average Bonchev–Trinajstić information content (AvgIpc) is 3.70. The summed E-state index contributed by atoms with van der Waals surface area (Å²) in [4.78, 5) is 21.4. The van der Waals surface area contributed by atoms with Crippen molar-refractivity contribution in [2.24, 2.45) is 0 Å². The second kappa shape index (κ2) is 8.61. The van der Waals surface area contributed by atoms with Crippen LogP contribution in [0.2, 0.25) is 0 Å². The number of aromatic nitrogens is 4. The predicted molar refractivity (Wildman–Crippen MR) is 132 cm³/mol. The van der Waals surface area contributed by atoms with Crippen molar-refractivity contribution < 1.29 is 4.39 Å². The maximum absolute atomic E-state index is 13.3. The Morgan fingerprint density at radius 1 is 1.09 bits per heavy atom. The molecule has 1 saturated carbocycles.